The molecule has 0 spiro atoms. The summed E-state index contributed by atoms with van der Waals surface area (Å²) < 4.78 is 53.5. The molecule has 0 N–H and O–H groups in total. The topological polar surface area (TPSA) is 118 Å². The van der Waals surface area contributed by atoms with E-state index in [-0.39, 0.29) is 45.4 Å². The maximum absolute atomic E-state index is 13.2. The number of aryl methyl sites for hydroxylation is 1. The average Bonchev–Trinajstić information content (AvgIpc) is 3.58. The lowest BCUT2D eigenvalue weighted by atomic mass is 10.3. The summed E-state index contributed by atoms with van der Waals surface area (Å²) >= 11 is 2.04. The summed E-state index contributed by atoms with van der Waals surface area (Å²) in [5, 5.41) is 0.725. The molecule has 5 rings (SSSR count). The van der Waals surface area contributed by atoms with Crippen LogP contribution in [-0.2, 0) is 19.9 Å². The van der Waals surface area contributed by atoms with Gasteiger partial charge in [-0.2, -0.15) is 4.31 Å². The summed E-state index contributed by atoms with van der Waals surface area (Å²) in [6.07, 6.45) is 3.34. The zero-order chi connectivity index (χ0) is 26.2. The van der Waals surface area contributed by atoms with Crippen molar-refractivity contribution in [2.45, 2.75) is 20.2 Å². The predicted octanol–water partition coefficient (Wildman–Crippen LogP) is 3.55. The summed E-state index contributed by atoms with van der Waals surface area (Å²) in [5.41, 5.74) is 1.50. The van der Waals surface area contributed by atoms with Crippen LogP contribution in [0.15, 0.2) is 80.3 Å². The molecular weight excluding hydrogens is 553 g/mol. The van der Waals surface area contributed by atoms with Gasteiger partial charge >= 0.3 is 0 Å². The van der Waals surface area contributed by atoms with Gasteiger partial charge in [0.2, 0.25) is 9.84 Å². The maximum atomic E-state index is 13.2. The Labute approximate surface area is 223 Å². The summed E-state index contributed by atoms with van der Waals surface area (Å²) in [6, 6.07) is 14.2. The normalized spacial score (nSPS) is 15.1. The molecule has 4 aromatic rings. The highest BCUT2D eigenvalue weighted by atomic mass is 32.3. The molecule has 0 atom stereocenters. The highest BCUT2D eigenvalue weighted by Gasteiger charge is 2.33. The monoisotopic (exact) mass is 574 g/mol. The van der Waals surface area contributed by atoms with Crippen LogP contribution >= 0.6 is 22.7 Å². The highest BCUT2D eigenvalue weighted by molar-refractivity contribution is 7.95. The van der Waals surface area contributed by atoms with Crippen molar-refractivity contribution in [3.63, 3.8) is 0 Å². The molecule has 4 heterocycles. The molecule has 0 aliphatic carbocycles. The molecule has 9 nitrogen and oxygen atoms in total. The molecule has 3 aromatic heterocycles. The third-order valence-electron chi connectivity index (χ3n) is 5.91. The Bertz CT molecular complexity index is 1640. The molecule has 1 fully saturated rings. The fraction of sp³-hybridized carbons (Fsp3) is 0.208. The van der Waals surface area contributed by atoms with Gasteiger partial charge in [0.15, 0.2) is 0 Å². The first kappa shape index (κ1) is 25.7. The van der Waals surface area contributed by atoms with E-state index in [0.29, 0.717) is 10.6 Å². The predicted molar refractivity (Wildman–Crippen MR) is 141 cm³/mol. The van der Waals surface area contributed by atoms with Crippen molar-refractivity contribution in [2.75, 3.05) is 26.2 Å². The summed E-state index contributed by atoms with van der Waals surface area (Å²) in [7, 11) is -7.71. The number of sulfonamides is 1. The number of pyridine rings is 1. The van der Waals surface area contributed by atoms with E-state index >= 15 is 0 Å². The minimum absolute atomic E-state index is 0.0308. The van der Waals surface area contributed by atoms with Crippen LogP contribution in [0.3, 0.4) is 0 Å². The SMILES string of the molecule is Cc1nc(-c2ccncc2)sc1C(=O)N1CCN(S(=O)(=O)c2ccc(S(=O)(=O)c3ccccc3)s2)CC1. The van der Waals surface area contributed by atoms with Crippen LogP contribution in [0, 0.1) is 6.92 Å². The van der Waals surface area contributed by atoms with E-state index < -0.39 is 19.9 Å². The number of piperazine rings is 1. The van der Waals surface area contributed by atoms with Gasteiger partial charge in [-0.1, -0.05) is 18.2 Å². The Morgan fingerprint density at radius 1 is 0.838 bits per heavy atom. The second-order valence-corrected chi connectivity index (χ2v) is 14.7. The van der Waals surface area contributed by atoms with Crippen LogP contribution in [0.4, 0.5) is 0 Å². The number of rotatable bonds is 6. The molecule has 13 heteroatoms. The van der Waals surface area contributed by atoms with E-state index in [1.54, 1.807) is 42.4 Å². The maximum Gasteiger partial charge on any atom is 0.265 e. The van der Waals surface area contributed by atoms with Crippen molar-refractivity contribution in [2.24, 2.45) is 0 Å². The Morgan fingerprint density at radius 2 is 1.49 bits per heavy atom. The largest absolute Gasteiger partial charge is 0.335 e. The van der Waals surface area contributed by atoms with Gasteiger partial charge in [-0.3, -0.25) is 9.78 Å². The lowest BCUT2D eigenvalue weighted by molar-refractivity contribution is 0.0702. The number of thiazole rings is 1. The zero-order valence-corrected chi connectivity index (χ0v) is 22.9. The van der Waals surface area contributed by atoms with Crippen LogP contribution in [0.25, 0.3) is 10.6 Å². The van der Waals surface area contributed by atoms with Gasteiger partial charge in [0.1, 0.15) is 18.3 Å². The molecule has 1 saturated heterocycles. The van der Waals surface area contributed by atoms with Crippen molar-refractivity contribution in [3.8, 4) is 10.6 Å². The zero-order valence-electron chi connectivity index (χ0n) is 19.6. The van der Waals surface area contributed by atoms with Crippen LogP contribution in [0.2, 0.25) is 0 Å². The van der Waals surface area contributed by atoms with E-state index in [4.69, 9.17) is 0 Å². The van der Waals surface area contributed by atoms with E-state index in [0.717, 1.165) is 21.9 Å². The summed E-state index contributed by atoms with van der Waals surface area (Å²) in [6.45, 7) is 2.46. The Balaban J connectivity index is 1.28. The minimum Gasteiger partial charge on any atom is -0.335 e. The van der Waals surface area contributed by atoms with Crippen LogP contribution in [0.1, 0.15) is 15.4 Å². The quantitative estimate of drug-likeness (QED) is 0.346. The van der Waals surface area contributed by atoms with Gasteiger partial charge < -0.3 is 4.90 Å². The Kier molecular flexibility index (Phi) is 6.98. The number of thiophene rings is 1. The number of hydrogen-bond acceptors (Lipinski definition) is 9. The molecule has 192 valence electrons. The third kappa shape index (κ3) is 4.97. The highest BCUT2D eigenvalue weighted by Crippen LogP contribution is 2.33. The van der Waals surface area contributed by atoms with Gasteiger partial charge in [-0.15, -0.1) is 22.7 Å². The number of carbonyl (C=O) groups excluding carboxylic acids is 1. The number of aromatic nitrogens is 2. The van der Waals surface area contributed by atoms with E-state index in [1.165, 1.54) is 39.9 Å². The van der Waals surface area contributed by atoms with E-state index in [2.05, 4.69) is 9.97 Å². The molecule has 0 unspecified atom stereocenters. The molecule has 1 amide bonds. The third-order valence-corrected chi connectivity index (χ3v) is 12.8. The minimum atomic E-state index is -3.90. The standard InChI is InChI=1S/C24H22N4O5S4/c1-17-22(35-23(26-17)18-9-11-25-12-10-18)24(29)27-13-15-28(16-14-27)37(32,33)21-8-7-20(34-21)36(30,31)19-5-3-2-4-6-19/h2-12H,13-16H2,1H3. The van der Waals surface area contributed by atoms with Crippen molar-refractivity contribution >= 4 is 48.4 Å². The lowest BCUT2D eigenvalue weighted by Gasteiger charge is -2.33. The first-order chi connectivity index (χ1) is 17.7. The van der Waals surface area contributed by atoms with Gasteiger partial charge in [0.05, 0.1) is 10.6 Å². The summed E-state index contributed by atoms with van der Waals surface area (Å²) in [4.78, 5) is 24.0. The molecule has 37 heavy (non-hydrogen) atoms. The van der Waals surface area contributed by atoms with Crippen molar-refractivity contribution in [1.29, 1.82) is 0 Å². The van der Waals surface area contributed by atoms with Gasteiger partial charge in [0, 0.05) is 44.1 Å². The van der Waals surface area contributed by atoms with Gasteiger partial charge in [-0.05, 0) is 43.3 Å². The summed E-state index contributed by atoms with van der Waals surface area (Å²) in [5.74, 6) is -0.181. The van der Waals surface area contributed by atoms with Gasteiger partial charge in [-0.25, -0.2) is 21.8 Å². The van der Waals surface area contributed by atoms with Gasteiger partial charge in [0.25, 0.3) is 15.9 Å². The fourth-order valence-corrected chi connectivity index (χ4v) is 9.72. The number of sulfone groups is 1. The van der Waals surface area contributed by atoms with Crippen molar-refractivity contribution in [1.82, 2.24) is 19.2 Å². The number of carbonyl (C=O) groups is 1. The number of hydrogen-bond donors (Lipinski definition) is 0. The van der Waals surface area contributed by atoms with Crippen molar-refractivity contribution < 1.29 is 21.6 Å². The molecule has 1 aromatic carbocycles. The molecule has 1 aliphatic rings. The lowest BCUT2D eigenvalue weighted by Crippen LogP contribution is -2.50. The number of nitrogens with zero attached hydrogens (tertiary/aromatic N) is 4. The number of amides is 1. The van der Waals surface area contributed by atoms with Crippen molar-refractivity contribution in [3.05, 3.63) is 77.6 Å². The Morgan fingerprint density at radius 3 is 2.16 bits per heavy atom. The van der Waals surface area contributed by atoms with Crippen LogP contribution < -0.4 is 0 Å². The molecular formula is C24H22N4O5S4. The van der Waals surface area contributed by atoms with E-state index in [9.17, 15) is 21.6 Å². The molecule has 0 saturated carbocycles. The second kappa shape index (κ2) is 10.1. The number of benzene rings is 1. The first-order valence-corrected chi connectivity index (χ1v) is 15.8. The second-order valence-electron chi connectivity index (χ2n) is 8.26. The molecule has 0 bridgehead atoms. The average molecular weight is 575 g/mol. The smallest absolute Gasteiger partial charge is 0.265 e. The fourth-order valence-electron chi connectivity index (χ4n) is 3.92. The van der Waals surface area contributed by atoms with Crippen LogP contribution in [0.5, 0.6) is 0 Å². The Hall–Kier alpha value is -2.97. The van der Waals surface area contributed by atoms with E-state index in [1.807, 2.05) is 12.1 Å². The first-order valence-electron chi connectivity index (χ1n) is 11.2. The van der Waals surface area contributed by atoms with Crippen LogP contribution in [-0.4, -0.2) is 68.1 Å². The molecule has 1 aliphatic heterocycles. The molecule has 0 radical (unpaired) electrons.